The lowest BCUT2D eigenvalue weighted by atomic mass is 10.1. The molecular weight excluding hydrogens is 390 g/mol. The second kappa shape index (κ2) is 7.85. The molecule has 1 aromatic heterocycles. The molecule has 0 spiro atoms. The van der Waals surface area contributed by atoms with E-state index in [-0.39, 0.29) is 18.2 Å². The number of aliphatic imine (C=N–C) groups is 1. The number of aryl methyl sites for hydroxylation is 2. The predicted octanol–water partition coefficient (Wildman–Crippen LogP) is 4.52. The molecule has 3 aromatic rings. The van der Waals surface area contributed by atoms with Gasteiger partial charge in [0.25, 0.3) is 5.91 Å². The summed E-state index contributed by atoms with van der Waals surface area (Å²) in [6.45, 7) is 3.97. The van der Waals surface area contributed by atoms with Crippen LogP contribution in [0.15, 0.2) is 47.5 Å². The number of nitrogens with zero attached hydrogens (tertiary/aromatic N) is 2. The molecule has 0 aliphatic carbocycles. The number of rotatable bonds is 5. The Bertz CT molecular complexity index is 1070. The number of thiazole rings is 1. The van der Waals surface area contributed by atoms with Gasteiger partial charge in [-0.05, 0) is 37.6 Å². The maximum absolute atomic E-state index is 12.4. The number of thioether (sulfide) groups is 1. The summed E-state index contributed by atoms with van der Waals surface area (Å²) in [5, 5.41) is 4.10. The van der Waals surface area contributed by atoms with Crippen LogP contribution >= 0.6 is 23.1 Å². The zero-order chi connectivity index (χ0) is 19.7. The van der Waals surface area contributed by atoms with Crippen LogP contribution < -0.4 is 5.32 Å². The van der Waals surface area contributed by atoms with Crippen LogP contribution in [0.25, 0.3) is 10.2 Å². The molecule has 1 atom stereocenters. The maximum atomic E-state index is 12.4. The minimum Gasteiger partial charge on any atom is -0.326 e. The number of aromatic nitrogens is 1. The van der Waals surface area contributed by atoms with Crippen LogP contribution in [0.1, 0.15) is 22.6 Å². The number of nitrogens with one attached hydrogen (secondary N) is 1. The molecule has 2 aromatic carbocycles. The first-order valence-corrected chi connectivity index (χ1v) is 10.7. The predicted molar refractivity (Wildman–Crippen MR) is 116 cm³/mol. The summed E-state index contributed by atoms with van der Waals surface area (Å²) in [4.78, 5) is 33.4. The van der Waals surface area contributed by atoms with Crippen molar-refractivity contribution in [2.75, 3.05) is 5.32 Å². The Morgan fingerprint density at radius 1 is 1.18 bits per heavy atom. The largest absolute Gasteiger partial charge is 0.326 e. The van der Waals surface area contributed by atoms with Gasteiger partial charge in [0.05, 0.1) is 15.3 Å². The van der Waals surface area contributed by atoms with Crippen LogP contribution in [0.5, 0.6) is 0 Å². The van der Waals surface area contributed by atoms with E-state index >= 15 is 0 Å². The number of carbonyl (C=O) groups is 2. The zero-order valence-electron chi connectivity index (χ0n) is 15.6. The summed E-state index contributed by atoms with van der Waals surface area (Å²) in [5.41, 5.74) is 3.89. The number of hydrogen-bond acceptors (Lipinski definition) is 5. The highest BCUT2D eigenvalue weighted by Gasteiger charge is 2.30. The van der Waals surface area contributed by atoms with E-state index in [4.69, 9.17) is 0 Å². The first-order valence-electron chi connectivity index (χ1n) is 8.97. The zero-order valence-corrected chi connectivity index (χ0v) is 17.2. The molecule has 1 N–H and O–H groups in total. The van der Waals surface area contributed by atoms with E-state index in [2.05, 4.69) is 15.3 Å². The Hall–Kier alpha value is -2.51. The van der Waals surface area contributed by atoms with Crippen molar-refractivity contribution in [3.63, 3.8) is 0 Å². The van der Waals surface area contributed by atoms with Crippen molar-refractivity contribution in [1.82, 2.24) is 4.98 Å². The molecule has 5 nitrogen and oxygen atoms in total. The first kappa shape index (κ1) is 18.8. The van der Waals surface area contributed by atoms with Crippen molar-refractivity contribution in [2.24, 2.45) is 4.99 Å². The molecule has 1 aliphatic heterocycles. The van der Waals surface area contributed by atoms with Crippen molar-refractivity contribution in [2.45, 2.75) is 31.9 Å². The van der Waals surface area contributed by atoms with Gasteiger partial charge in [0.15, 0.2) is 0 Å². The van der Waals surface area contributed by atoms with Gasteiger partial charge in [-0.25, -0.2) is 9.98 Å². The lowest BCUT2D eigenvalue weighted by Gasteiger charge is -2.11. The third kappa shape index (κ3) is 4.15. The lowest BCUT2D eigenvalue weighted by Crippen LogP contribution is -2.21. The van der Waals surface area contributed by atoms with Crippen LogP contribution in [0, 0.1) is 13.8 Å². The third-order valence-corrected chi connectivity index (χ3v) is 6.65. The van der Waals surface area contributed by atoms with Crippen molar-refractivity contribution in [1.29, 1.82) is 0 Å². The smallest absolute Gasteiger partial charge is 0.260 e. The van der Waals surface area contributed by atoms with Gasteiger partial charge < -0.3 is 5.32 Å². The van der Waals surface area contributed by atoms with E-state index in [9.17, 15) is 9.59 Å². The SMILES string of the molecule is Cc1ccc(NC(=O)C[C@@H]2SC(Cc3nc4ccccc4s3)=NC2=O)c(C)c1. The van der Waals surface area contributed by atoms with E-state index in [1.54, 1.807) is 11.3 Å². The van der Waals surface area contributed by atoms with Crippen molar-refractivity contribution in [3.05, 3.63) is 58.6 Å². The summed E-state index contributed by atoms with van der Waals surface area (Å²) in [5.74, 6) is -0.411. The monoisotopic (exact) mass is 409 g/mol. The second-order valence-electron chi connectivity index (χ2n) is 6.77. The Morgan fingerprint density at radius 3 is 2.79 bits per heavy atom. The maximum Gasteiger partial charge on any atom is 0.260 e. The Morgan fingerprint density at radius 2 is 2.00 bits per heavy atom. The average Bonchev–Trinajstić information content (AvgIpc) is 3.20. The number of benzene rings is 2. The standard InChI is InChI=1S/C21H19N3O2S2/c1-12-7-8-14(13(2)9-12)22-18(25)10-17-21(26)24-20(28-17)11-19-23-15-5-3-4-6-16(15)27-19/h3-9,17H,10-11H2,1-2H3,(H,22,25)/t17-/m0/s1. The fourth-order valence-electron chi connectivity index (χ4n) is 3.09. The molecule has 7 heteroatoms. The number of amides is 2. The van der Waals surface area contributed by atoms with Gasteiger partial charge in [-0.1, -0.05) is 41.6 Å². The normalized spacial score (nSPS) is 16.4. The van der Waals surface area contributed by atoms with E-state index in [1.165, 1.54) is 11.8 Å². The molecule has 2 heterocycles. The molecule has 142 valence electrons. The molecule has 28 heavy (non-hydrogen) atoms. The molecule has 0 unspecified atom stereocenters. The molecule has 2 amide bonds. The summed E-state index contributed by atoms with van der Waals surface area (Å²) in [6.07, 6.45) is 0.647. The van der Waals surface area contributed by atoms with Crippen molar-refractivity contribution >= 4 is 55.9 Å². The van der Waals surface area contributed by atoms with Gasteiger partial charge in [-0.2, -0.15) is 0 Å². The molecule has 4 rings (SSSR count). The highest BCUT2D eigenvalue weighted by molar-refractivity contribution is 8.15. The molecule has 1 aliphatic rings. The highest BCUT2D eigenvalue weighted by Crippen LogP contribution is 2.30. The third-order valence-electron chi connectivity index (χ3n) is 4.46. The molecule has 0 bridgehead atoms. The lowest BCUT2D eigenvalue weighted by molar-refractivity contribution is -0.121. The number of fused-ring (bicyclic) bond motifs is 1. The number of para-hydroxylation sites is 1. The molecular formula is C21H19N3O2S2. The van der Waals surface area contributed by atoms with Gasteiger partial charge in [0.1, 0.15) is 10.3 Å². The summed E-state index contributed by atoms with van der Waals surface area (Å²) in [6, 6.07) is 13.8. The van der Waals surface area contributed by atoms with Gasteiger partial charge in [-0.3, -0.25) is 9.59 Å². The Kier molecular flexibility index (Phi) is 5.28. The number of hydrogen-bond donors (Lipinski definition) is 1. The Balaban J connectivity index is 1.37. The van der Waals surface area contributed by atoms with Crippen molar-refractivity contribution < 1.29 is 9.59 Å². The summed E-state index contributed by atoms with van der Waals surface area (Å²) < 4.78 is 1.12. The van der Waals surface area contributed by atoms with Crippen molar-refractivity contribution in [3.8, 4) is 0 Å². The van der Waals surface area contributed by atoms with Crippen LogP contribution in [0.4, 0.5) is 5.69 Å². The molecule has 0 saturated carbocycles. The fourth-order valence-corrected chi connectivity index (χ4v) is 5.24. The van der Waals surface area contributed by atoms with Crippen LogP contribution in [0.2, 0.25) is 0 Å². The molecule has 0 fully saturated rings. The van der Waals surface area contributed by atoms with E-state index in [1.807, 2.05) is 56.3 Å². The number of carbonyl (C=O) groups excluding carboxylic acids is 2. The molecule has 0 radical (unpaired) electrons. The Labute approximate surface area is 171 Å². The summed E-state index contributed by atoms with van der Waals surface area (Å²) in [7, 11) is 0. The average molecular weight is 410 g/mol. The van der Waals surface area contributed by atoms with Crippen LogP contribution in [-0.4, -0.2) is 27.1 Å². The van der Waals surface area contributed by atoms with Gasteiger partial charge >= 0.3 is 0 Å². The van der Waals surface area contributed by atoms with Gasteiger partial charge in [-0.15, -0.1) is 11.3 Å². The summed E-state index contributed by atoms with van der Waals surface area (Å²) >= 11 is 2.98. The molecule has 0 saturated heterocycles. The van der Waals surface area contributed by atoms with E-state index in [0.29, 0.717) is 6.42 Å². The number of anilines is 1. The van der Waals surface area contributed by atoms with Crippen LogP contribution in [-0.2, 0) is 16.0 Å². The van der Waals surface area contributed by atoms with E-state index in [0.717, 1.165) is 37.1 Å². The first-order chi connectivity index (χ1) is 13.5. The quantitative estimate of drug-likeness (QED) is 0.672. The second-order valence-corrected chi connectivity index (χ2v) is 9.16. The van der Waals surface area contributed by atoms with E-state index < -0.39 is 5.25 Å². The topological polar surface area (TPSA) is 71.4 Å². The highest BCUT2D eigenvalue weighted by atomic mass is 32.2. The van der Waals surface area contributed by atoms with Crippen LogP contribution in [0.3, 0.4) is 0 Å². The minimum atomic E-state index is -0.463. The fraction of sp³-hybridized carbons (Fsp3) is 0.238. The minimum absolute atomic E-state index is 0.115. The van der Waals surface area contributed by atoms with Gasteiger partial charge in [0.2, 0.25) is 5.91 Å². The van der Waals surface area contributed by atoms with Gasteiger partial charge in [0, 0.05) is 18.5 Å².